The summed E-state index contributed by atoms with van der Waals surface area (Å²) < 4.78 is 13.5. The zero-order chi connectivity index (χ0) is 22.7. The Morgan fingerprint density at radius 1 is 1.12 bits per heavy atom. The third-order valence-electron chi connectivity index (χ3n) is 5.26. The molecule has 2 heterocycles. The largest absolute Gasteiger partial charge is 0.493 e. The van der Waals surface area contributed by atoms with Crippen molar-refractivity contribution in [3.05, 3.63) is 70.2 Å². The Kier molecular flexibility index (Phi) is 6.79. The second kappa shape index (κ2) is 9.73. The summed E-state index contributed by atoms with van der Waals surface area (Å²) in [6.07, 6.45) is 1.55. The van der Waals surface area contributed by atoms with Crippen LogP contribution >= 0.6 is 22.9 Å². The molecule has 0 bridgehead atoms. The molecule has 0 aliphatic carbocycles. The van der Waals surface area contributed by atoms with Crippen LogP contribution in [0.1, 0.15) is 6.92 Å². The average Bonchev–Trinajstić information content (AvgIpc) is 3.25. The number of aromatic nitrogens is 2. The minimum absolute atomic E-state index is 0.125. The molecule has 32 heavy (non-hydrogen) atoms. The average molecular weight is 470 g/mol. The highest BCUT2D eigenvalue weighted by atomic mass is 35.5. The third kappa shape index (κ3) is 4.65. The molecule has 0 atom stereocenters. The third-order valence-corrected chi connectivity index (χ3v) is 6.68. The molecular formula is C24H24ClN3O3S. The van der Waals surface area contributed by atoms with E-state index in [1.807, 2.05) is 49.5 Å². The number of thiophene rings is 1. The molecule has 0 spiro atoms. The van der Waals surface area contributed by atoms with Gasteiger partial charge in [0.2, 0.25) is 0 Å². The number of methoxy groups -OCH3 is 1. The summed E-state index contributed by atoms with van der Waals surface area (Å²) in [5, 5.41) is 0.675. The molecule has 2 aromatic carbocycles. The molecule has 0 N–H and O–H groups in total. The summed E-state index contributed by atoms with van der Waals surface area (Å²) in [7, 11) is 3.63. The van der Waals surface area contributed by atoms with Gasteiger partial charge in [-0.3, -0.25) is 9.36 Å². The SMILES string of the molecule is CCN(C)CCOc1ccc(-n2cnc3cc(-c4ccc(Cl)cc4)sc3c2=O)cc1OC. The zero-order valence-corrected chi connectivity index (χ0v) is 19.7. The normalized spacial score (nSPS) is 11.3. The number of rotatable bonds is 8. The molecule has 0 aliphatic rings. The Balaban J connectivity index is 1.65. The van der Waals surface area contributed by atoms with E-state index < -0.39 is 0 Å². The van der Waals surface area contributed by atoms with Crippen molar-refractivity contribution < 1.29 is 9.47 Å². The lowest BCUT2D eigenvalue weighted by Gasteiger charge is -2.16. The molecule has 0 fully saturated rings. The van der Waals surface area contributed by atoms with Gasteiger partial charge in [0, 0.05) is 22.5 Å². The molecular weight excluding hydrogens is 446 g/mol. The van der Waals surface area contributed by atoms with Gasteiger partial charge in [-0.2, -0.15) is 0 Å². The molecule has 2 aromatic heterocycles. The van der Waals surface area contributed by atoms with Crippen LogP contribution in [0, 0.1) is 0 Å². The van der Waals surface area contributed by atoms with Crippen LogP contribution in [0.4, 0.5) is 0 Å². The van der Waals surface area contributed by atoms with Gasteiger partial charge in [-0.1, -0.05) is 30.7 Å². The minimum Gasteiger partial charge on any atom is -0.493 e. The van der Waals surface area contributed by atoms with Gasteiger partial charge in [0.15, 0.2) is 11.5 Å². The number of ether oxygens (including phenoxy) is 2. The fourth-order valence-electron chi connectivity index (χ4n) is 3.25. The van der Waals surface area contributed by atoms with Crippen LogP contribution in [-0.2, 0) is 0 Å². The summed E-state index contributed by atoms with van der Waals surface area (Å²) in [5.41, 5.74) is 2.22. The molecule has 0 amide bonds. The lowest BCUT2D eigenvalue weighted by molar-refractivity contribution is 0.235. The van der Waals surface area contributed by atoms with Crippen molar-refractivity contribution in [3.8, 4) is 27.6 Å². The molecule has 0 aliphatic heterocycles. The highest BCUT2D eigenvalue weighted by Gasteiger charge is 2.14. The zero-order valence-electron chi connectivity index (χ0n) is 18.2. The van der Waals surface area contributed by atoms with Crippen molar-refractivity contribution in [3.63, 3.8) is 0 Å². The van der Waals surface area contributed by atoms with Crippen LogP contribution in [0.25, 0.3) is 26.3 Å². The molecule has 8 heteroatoms. The van der Waals surface area contributed by atoms with Gasteiger partial charge in [0.1, 0.15) is 17.6 Å². The highest BCUT2D eigenvalue weighted by Crippen LogP contribution is 2.32. The van der Waals surface area contributed by atoms with Gasteiger partial charge in [0.05, 0.1) is 18.3 Å². The number of halogens is 1. The van der Waals surface area contributed by atoms with Gasteiger partial charge in [-0.15, -0.1) is 11.3 Å². The molecule has 6 nitrogen and oxygen atoms in total. The van der Waals surface area contributed by atoms with E-state index in [1.54, 1.807) is 19.5 Å². The topological polar surface area (TPSA) is 56.6 Å². The van der Waals surface area contributed by atoms with Gasteiger partial charge >= 0.3 is 0 Å². The molecule has 4 aromatic rings. The van der Waals surface area contributed by atoms with E-state index in [9.17, 15) is 4.79 Å². The first-order valence-corrected chi connectivity index (χ1v) is 11.5. The molecule has 0 saturated heterocycles. The number of benzene rings is 2. The maximum atomic E-state index is 13.2. The van der Waals surface area contributed by atoms with Crippen molar-refractivity contribution in [2.24, 2.45) is 0 Å². The smallest absolute Gasteiger partial charge is 0.275 e. The molecule has 0 saturated carbocycles. The molecule has 0 unspecified atom stereocenters. The lowest BCUT2D eigenvalue weighted by atomic mass is 10.2. The van der Waals surface area contributed by atoms with Crippen molar-refractivity contribution in [2.45, 2.75) is 6.92 Å². The predicted molar refractivity (Wildman–Crippen MR) is 131 cm³/mol. The van der Waals surface area contributed by atoms with E-state index in [-0.39, 0.29) is 5.56 Å². The van der Waals surface area contributed by atoms with E-state index in [0.29, 0.717) is 39.0 Å². The second-order valence-corrected chi connectivity index (χ2v) is 8.82. The Morgan fingerprint density at radius 2 is 1.91 bits per heavy atom. The summed E-state index contributed by atoms with van der Waals surface area (Å²) in [6, 6.07) is 14.9. The summed E-state index contributed by atoms with van der Waals surface area (Å²) in [6.45, 7) is 4.43. The maximum absolute atomic E-state index is 13.2. The van der Waals surface area contributed by atoms with E-state index >= 15 is 0 Å². The van der Waals surface area contributed by atoms with Gasteiger partial charge < -0.3 is 14.4 Å². The predicted octanol–water partition coefficient (Wildman–Crippen LogP) is 5.11. The number of fused-ring (bicyclic) bond motifs is 1. The number of likely N-dealkylation sites (N-methyl/N-ethyl adjacent to an activating group) is 1. The number of hydrogen-bond acceptors (Lipinski definition) is 6. The van der Waals surface area contributed by atoms with Crippen molar-refractivity contribution in [1.82, 2.24) is 14.5 Å². The number of hydrogen-bond donors (Lipinski definition) is 0. The van der Waals surface area contributed by atoms with Crippen LogP contribution < -0.4 is 15.0 Å². The van der Waals surface area contributed by atoms with Crippen LogP contribution in [0.2, 0.25) is 5.02 Å². The van der Waals surface area contributed by atoms with Crippen molar-refractivity contribution >= 4 is 33.2 Å². The van der Waals surface area contributed by atoms with Crippen LogP contribution in [0.3, 0.4) is 0 Å². The first kappa shape index (κ1) is 22.3. The molecule has 4 rings (SSSR count). The highest BCUT2D eigenvalue weighted by molar-refractivity contribution is 7.22. The Hall–Kier alpha value is -2.87. The molecule has 166 valence electrons. The summed E-state index contributed by atoms with van der Waals surface area (Å²) in [5.74, 6) is 1.21. The summed E-state index contributed by atoms with van der Waals surface area (Å²) in [4.78, 5) is 20.9. The van der Waals surface area contributed by atoms with E-state index in [2.05, 4.69) is 16.8 Å². The summed E-state index contributed by atoms with van der Waals surface area (Å²) >= 11 is 7.41. The monoisotopic (exact) mass is 469 g/mol. The Morgan fingerprint density at radius 3 is 2.62 bits per heavy atom. The first-order chi connectivity index (χ1) is 15.5. The van der Waals surface area contributed by atoms with Gasteiger partial charge in [0.25, 0.3) is 5.56 Å². The van der Waals surface area contributed by atoms with E-state index in [0.717, 1.165) is 23.5 Å². The van der Waals surface area contributed by atoms with E-state index in [4.69, 9.17) is 21.1 Å². The Bertz CT molecular complexity index is 1280. The quantitative estimate of drug-likeness (QED) is 0.359. The lowest BCUT2D eigenvalue weighted by Crippen LogP contribution is -2.23. The molecule has 0 radical (unpaired) electrons. The fraction of sp³-hybridized carbons (Fsp3) is 0.250. The van der Waals surface area contributed by atoms with Gasteiger partial charge in [-0.05, 0) is 49.5 Å². The first-order valence-electron chi connectivity index (χ1n) is 10.3. The van der Waals surface area contributed by atoms with Crippen molar-refractivity contribution in [1.29, 1.82) is 0 Å². The minimum atomic E-state index is -0.125. The van der Waals surface area contributed by atoms with Crippen molar-refractivity contribution in [2.75, 3.05) is 33.9 Å². The standard InChI is InChI=1S/C24H24ClN3O3S/c1-4-27(2)11-12-31-20-10-9-18(13-21(20)30-3)28-15-26-19-14-22(32-23(19)24(28)29)16-5-7-17(25)8-6-16/h5-10,13-15H,4,11-12H2,1-3H3. The van der Waals surface area contributed by atoms with Crippen LogP contribution in [0.15, 0.2) is 59.7 Å². The van der Waals surface area contributed by atoms with Crippen LogP contribution in [0.5, 0.6) is 11.5 Å². The fourth-order valence-corrected chi connectivity index (χ4v) is 4.42. The van der Waals surface area contributed by atoms with E-state index in [1.165, 1.54) is 15.9 Å². The second-order valence-electron chi connectivity index (χ2n) is 7.33. The van der Waals surface area contributed by atoms with Crippen LogP contribution in [-0.4, -0.2) is 48.3 Å². The Labute approximate surface area is 195 Å². The maximum Gasteiger partial charge on any atom is 0.275 e. The van der Waals surface area contributed by atoms with Gasteiger partial charge in [-0.25, -0.2) is 4.98 Å². The number of nitrogens with zero attached hydrogens (tertiary/aromatic N) is 3.